The van der Waals surface area contributed by atoms with Gasteiger partial charge in [-0.2, -0.15) is 8.78 Å². The van der Waals surface area contributed by atoms with E-state index < -0.39 is 36.3 Å². The third-order valence-corrected chi connectivity index (χ3v) is 5.70. The first-order valence-electron chi connectivity index (χ1n) is 9.36. The molecule has 1 saturated heterocycles. The quantitative estimate of drug-likeness (QED) is 0.403. The van der Waals surface area contributed by atoms with Gasteiger partial charge in [-0.15, -0.1) is 0 Å². The van der Waals surface area contributed by atoms with Crippen LogP contribution in [-0.4, -0.2) is 52.9 Å². The van der Waals surface area contributed by atoms with Crippen molar-refractivity contribution in [2.24, 2.45) is 13.0 Å². The van der Waals surface area contributed by atoms with Crippen molar-refractivity contribution in [3.63, 3.8) is 0 Å². The lowest BCUT2D eigenvalue weighted by Crippen LogP contribution is -2.59. The summed E-state index contributed by atoms with van der Waals surface area (Å²) < 4.78 is 32.1. The van der Waals surface area contributed by atoms with E-state index in [-0.39, 0.29) is 17.1 Å². The number of amides is 4. The SMILES string of the molecule is Cc1c(C)[n+]([O-])c([C@H](c2cccc(OC(F)F)c2)C2C(=O)N(C)C(=O)N(C)C2=O)n1C. The van der Waals surface area contributed by atoms with Gasteiger partial charge in [-0.1, -0.05) is 12.1 Å². The van der Waals surface area contributed by atoms with Crippen molar-refractivity contribution in [2.45, 2.75) is 26.4 Å². The standard InChI is InChI=1S/C20H22F2N4O5/c1-10-11(2)26(30)16(23(10)3)14(12-7-6-8-13(9-12)31-19(21)22)15-17(27)24(4)20(29)25(5)18(15)28/h6-9,14-15,19H,1-5H3/t14-/m1/s1. The number of urea groups is 1. The number of benzene rings is 1. The van der Waals surface area contributed by atoms with Crippen LogP contribution in [0, 0.1) is 25.0 Å². The summed E-state index contributed by atoms with van der Waals surface area (Å²) >= 11 is 0. The van der Waals surface area contributed by atoms with Gasteiger partial charge in [0.15, 0.2) is 0 Å². The Morgan fingerprint density at radius 3 is 2.13 bits per heavy atom. The Kier molecular flexibility index (Phi) is 5.70. The lowest BCUT2D eigenvalue weighted by atomic mass is 9.82. The molecule has 0 spiro atoms. The number of hydrogen-bond acceptors (Lipinski definition) is 5. The van der Waals surface area contributed by atoms with E-state index >= 15 is 0 Å². The van der Waals surface area contributed by atoms with Crippen LogP contribution in [0.25, 0.3) is 0 Å². The largest absolute Gasteiger partial charge is 0.711 e. The highest BCUT2D eigenvalue weighted by molar-refractivity contribution is 6.16. The van der Waals surface area contributed by atoms with Crippen LogP contribution >= 0.6 is 0 Å². The summed E-state index contributed by atoms with van der Waals surface area (Å²) in [5, 5.41) is 13.0. The molecule has 166 valence electrons. The Bertz CT molecular complexity index is 1020. The van der Waals surface area contributed by atoms with Gasteiger partial charge in [0, 0.05) is 27.9 Å². The Morgan fingerprint density at radius 2 is 1.65 bits per heavy atom. The van der Waals surface area contributed by atoms with E-state index in [1.165, 1.54) is 38.4 Å². The first-order valence-corrected chi connectivity index (χ1v) is 9.36. The van der Waals surface area contributed by atoms with E-state index in [1.807, 2.05) is 0 Å². The summed E-state index contributed by atoms with van der Waals surface area (Å²) in [5.74, 6) is -4.33. The second-order valence-electron chi connectivity index (χ2n) is 7.37. The molecule has 1 aromatic carbocycles. The monoisotopic (exact) mass is 436 g/mol. The van der Waals surface area contributed by atoms with Gasteiger partial charge in [-0.3, -0.25) is 19.4 Å². The second kappa shape index (κ2) is 7.97. The topological polar surface area (TPSA) is 98.8 Å². The van der Waals surface area contributed by atoms with E-state index in [2.05, 4.69) is 4.74 Å². The van der Waals surface area contributed by atoms with Crippen LogP contribution in [0.4, 0.5) is 13.6 Å². The number of barbiturate groups is 1. The number of carbonyl (C=O) groups excluding carboxylic acids is 3. The first kappa shape index (κ1) is 22.2. The van der Waals surface area contributed by atoms with E-state index in [4.69, 9.17) is 0 Å². The Balaban J connectivity index is 2.26. The molecule has 9 nitrogen and oxygen atoms in total. The molecule has 1 aromatic heterocycles. The minimum atomic E-state index is -3.08. The van der Waals surface area contributed by atoms with Crippen LogP contribution in [-0.2, 0) is 16.6 Å². The van der Waals surface area contributed by atoms with Crippen LogP contribution in [0.3, 0.4) is 0 Å². The Hall–Kier alpha value is -3.50. The maximum absolute atomic E-state index is 13.0. The molecule has 2 heterocycles. The molecule has 0 bridgehead atoms. The molecule has 1 aliphatic heterocycles. The van der Waals surface area contributed by atoms with Crippen molar-refractivity contribution in [1.82, 2.24) is 14.4 Å². The van der Waals surface area contributed by atoms with E-state index in [0.717, 1.165) is 9.80 Å². The molecule has 0 saturated carbocycles. The number of rotatable bonds is 5. The van der Waals surface area contributed by atoms with E-state index in [9.17, 15) is 28.4 Å². The number of carbonyl (C=O) groups is 3. The summed E-state index contributed by atoms with van der Waals surface area (Å²) in [4.78, 5) is 39.9. The van der Waals surface area contributed by atoms with Crippen LogP contribution < -0.4 is 9.47 Å². The summed E-state index contributed by atoms with van der Waals surface area (Å²) in [6.45, 7) is 0.212. The van der Waals surface area contributed by atoms with Crippen molar-refractivity contribution in [1.29, 1.82) is 0 Å². The Labute approximate surface area is 177 Å². The van der Waals surface area contributed by atoms with Gasteiger partial charge < -0.3 is 9.94 Å². The molecule has 3 rings (SSSR count). The summed E-state index contributed by atoms with van der Waals surface area (Å²) in [7, 11) is 4.08. The summed E-state index contributed by atoms with van der Waals surface area (Å²) in [5.41, 5.74) is 1.20. The normalized spacial score (nSPS) is 16.5. The smallest absolute Gasteiger partial charge is 0.387 e. The van der Waals surface area contributed by atoms with Crippen LogP contribution in [0.1, 0.15) is 28.7 Å². The maximum Gasteiger partial charge on any atom is 0.387 e. The highest BCUT2D eigenvalue weighted by Crippen LogP contribution is 2.37. The Morgan fingerprint density at radius 1 is 1.06 bits per heavy atom. The fraction of sp³-hybridized carbons (Fsp3) is 0.400. The lowest BCUT2D eigenvalue weighted by Gasteiger charge is -2.35. The molecule has 1 fully saturated rings. The maximum atomic E-state index is 13.0. The molecule has 0 unspecified atom stereocenters. The predicted molar refractivity (Wildman–Crippen MR) is 103 cm³/mol. The molecule has 0 aliphatic carbocycles. The molecule has 2 aromatic rings. The van der Waals surface area contributed by atoms with Crippen molar-refractivity contribution in [2.75, 3.05) is 14.1 Å². The summed E-state index contributed by atoms with van der Waals surface area (Å²) in [6, 6.07) is 4.69. The lowest BCUT2D eigenvalue weighted by molar-refractivity contribution is -0.621. The van der Waals surface area contributed by atoms with Gasteiger partial charge in [0.2, 0.25) is 11.8 Å². The third-order valence-electron chi connectivity index (χ3n) is 5.70. The van der Waals surface area contributed by atoms with Gasteiger partial charge in [0.05, 0.1) is 7.05 Å². The van der Waals surface area contributed by atoms with E-state index in [1.54, 1.807) is 25.5 Å². The zero-order valence-corrected chi connectivity index (χ0v) is 17.6. The first-order chi connectivity index (χ1) is 14.5. The fourth-order valence-electron chi connectivity index (χ4n) is 3.80. The molecule has 11 heteroatoms. The zero-order chi connectivity index (χ0) is 23.2. The van der Waals surface area contributed by atoms with Crippen molar-refractivity contribution >= 4 is 17.8 Å². The number of halogens is 2. The molecule has 1 atom stereocenters. The molecule has 1 aliphatic rings. The average molecular weight is 436 g/mol. The summed E-state index contributed by atoms with van der Waals surface area (Å²) in [6.07, 6.45) is 0. The van der Waals surface area contributed by atoms with Crippen LogP contribution in [0.5, 0.6) is 5.75 Å². The number of ether oxygens (including phenoxy) is 1. The molecule has 4 amide bonds. The molecule has 31 heavy (non-hydrogen) atoms. The highest BCUT2D eigenvalue weighted by atomic mass is 19.3. The number of imidazole rings is 1. The van der Waals surface area contributed by atoms with Crippen LogP contribution in [0.15, 0.2) is 24.3 Å². The minimum Gasteiger partial charge on any atom is -0.711 e. The molecular formula is C20H22F2N4O5. The fourth-order valence-corrected chi connectivity index (χ4v) is 3.80. The number of nitrogens with zero attached hydrogens (tertiary/aromatic N) is 4. The highest BCUT2D eigenvalue weighted by Gasteiger charge is 2.51. The predicted octanol–water partition coefficient (Wildman–Crippen LogP) is 1.68. The molecule has 0 radical (unpaired) electrons. The van der Waals surface area contributed by atoms with Crippen LogP contribution in [0.2, 0.25) is 0 Å². The van der Waals surface area contributed by atoms with Crippen molar-refractivity contribution < 1.29 is 32.6 Å². The van der Waals surface area contributed by atoms with Gasteiger partial charge in [0.1, 0.15) is 29.0 Å². The van der Waals surface area contributed by atoms with Gasteiger partial charge in [-0.25, -0.2) is 14.1 Å². The number of imide groups is 2. The number of alkyl halides is 2. The van der Waals surface area contributed by atoms with Crippen molar-refractivity contribution in [3.05, 3.63) is 52.2 Å². The van der Waals surface area contributed by atoms with Gasteiger partial charge >= 0.3 is 12.6 Å². The van der Waals surface area contributed by atoms with Gasteiger partial charge in [0.25, 0.3) is 5.82 Å². The second-order valence-corrected chi connectivity index (χ2v) is 7.37. The van der Waals surface area contributed by atoms with E-state index in [0.29, 0.717) is 16.1 Å². The third kappa shape index (κ3) is 3.60. The average Bonchev–Trinajstić information content (AvgIpc) is 2.91. The van der Waals surface area contributed by atoms with Crippen molar-refractivity contribution in [3.8, 4) is 5.75 Å². The zero-order valence-electron chi connectivity index (χ0n) is 17.6. The van der Waals surface area contributed by atoms with Gasteiger partial charge in [-0.05, 0) is 17.7 Å². The number of hydrogen-bond donors (Lipinski definition) is 0. The number of aromatic nitrogens is 2. The molecular weight excluding hydrogens is 414 g/mol. The molecule has 0 N–H and O–H groups in total. The minimum absolute atomic E-state index is 0.0621.